The zero-order valence-electron chi connectivity index (χ0n) is 14.0. The zero-order valence-corrected chi connectivity index (χ0v) is 14.8. The Morgan fingerprint density at radius 3 is 2.69 bits per heavy atom. The molecule has 1 aromatic heterocycles. The maximum Gasteiger partial charge on any atom is 0.335 e. The molecule has 2 rings (SSSR count). The maximum atomic E-state index is 12.4. The van der Waals surface area contributed by atoms with Crippen molar-refractivity contribution in [2.24, 2.45) is 0 Å². The molecule has 0 atom stereocenters. The minimum absolute atomic E-state index is 0.0704. The molecule has 0 aliphatic rings. The number of halogens is 1. The number of carbonyl (C=O) groups is 1. The van der Waals surface area contributed by atoms with E-state index in [0.29, 0.717) is 5.69 Å². The van der Waals surface area contributed by atoms with Crippen molar-refractivity contribution in [3.8, 4) is 11.6 Å². The largest absolute Gasteiger partial charge is 0.489 e. The van der Waals surface area contributed by atoms with Gasteiger partial charge in [0.05, 0.1) is 7.11 Å². The first-order valence-corrected chi connectivity index (χ1v) is 8.85. The standard InChI is InChI=1S/C15H17FN4O5S/c1-10-9-13(24-2)18-14(17-10)19-15(21)20-26(22,23)12-6-4-3-5-11(12)25-8-7-16/h3-6,9H,7-8H2,1-2H3,(H2,17,18,19,20,21). The SMILES string of the molecule is COc1cc(C)nc(NC(=O)NS(=O)(=O)c2ccccc2OCCF)n1. The van der Waals surface area contributed by atoms with Crippen LogP contribution >= 0.6 is 0 Å². The Labute approximate surface area is 149 Å². The third-order valence-corrected chi connectivity index (χ3v) is 4.34. The van der Waals surface area contributed by atoms with Gasteiger partial charge >= 0.3 is 6.03 Å². The van der Waals surface area contributed by atoms with Gasteiger partial charge in [-0.1, -0.05) is 12.1 Å². The van der Waals surface area contributed by atoms with Crippen LogP contribution in [0, 0.1) is 6.92 Å². The number of sulfonamides is 1. The first kappa shape index (κ1) is 19.4. The number of nitrogens with one attached hydrogen (secondary N) is 2. The normalized spacial score (nSPS) is 10.9. The third-order valence-electron chi connectivity index (χ3n) is 2.97. The predicted molar refractivity (Wildman–Crippen MR) is 90.6 cm³/mol. The van der Waals surface area contributed by atoms with Gasteiger partial charge < -0.3 is 9.47 Å². The average molecular weight is 384 g/mol. The fourth-order valence-electron chi connectivity index (χ4n) is 1.94. The van der Waals surface area contributed by atoms with Crippen molar-refractivity contribution in [1.82, 2.24) is 14.7 Å². The molecule has 2 amide bonds. The van der Waals surface area contributed by atoms with E-state index < -0.39 is 22.7 Å². The van der Waals surface area contributed by atoms with Crippen LogP contribution in [0.1, 0.15) is 5.69 Å². The monoisotopic (exact) mass is 384 g/mol. The molecular weight excluding hydrogens is 367 g/mol. The van der Waals surface area contributed by atoms with Crippen molar-refractivity contribution in [3.63, 3.8) is 0 Å². The number of nitrogens with zero attached hydrogens (tertiary/aromatic N) is 2. The van der Waals surface area contributed by atoms with Gasteiger partial charge in [-0.3, -0.25) is 5.32 Å². The number of amides is 2. The van der Waals surface area contributed by atoms with Crippen LogP contribution in [0.2, 0.25) is 0 Å². The summed E-state index contributed by atoms with van der Waals surface area (Å²) in [4.78, 5) is 19.6. The maximum absolute atomic E-state index is 12.4. The second-order valence-corrected chi connectivity index (χ2v) is 6.57. The van der Waals surface area contributed by atoms with Crippen LogP contribution in [0.15, 0.2) is 35.2 Å². The Hall–Kier alpha value is -2.95. The van der Waals surface area contributed by atoms with Crippen LogP contribution in [0.5, 0.6) is 11.6 Å². The number of aryl methyl sites for hydroxylation is 1. The highest BCUT2D eigenvalue weighted by molar-refractivity contribution is 7.90. The molecule has 0 fully saturated rings. The lowest BCUT2D eigenvalue weighted by Gasteiger charge is -2.12. The molecule has 0 saturated heterocycles. The molecule has 0 radical (unpaired) electrons. The van der Waals surface area contributed by atoms with Crippen LogP contribution in [-0.4, -0.2) is 44.8 Å². The summed E-state index contributed by atoms with van der Waals surface area (Å²) >= 11 is 0. The van der Waals surface area contributed by atoms with E-state index in [1.54, 1.807) is 6.92 Å². The minimum atomic E-state index is -4.26. The number of hydrogen-bond acceptors (Lipinski definition) is 7. The summed E-state index contributed by atoms with van der Waals surface area (Å²) in [7, 11) is -2.87. The fourth-order valence-corrected chi connectivity index (χ4v) is 3.00. The van der Waals surface area contributed by atoms with E-state index in [1.807, 2.05) is 4.72 Å². The van der Waals surface area contributed by atoms with E-state index >= 15 is 0 Å². The highest BCUT2D eigenvalue weighted by Gasteiger charge is 2.22. The Morgan fingerprint density at radius 1 is 1.27 bits per heavy atom. The van der Waals surface area contributed by atoms with Crippen molar-refractivity contribution < 1.29 is 27.1 Å². The molecule has 140 valence electrons. The van der Waals surface area contributed by atoms with Crippen molar-refractivity contribution >= 4 is 22.0 Å². The molecule has 26 heavy (non-hydrogen) atoms. The Balaban J connectivity index is 2.17. The van der Waals surface area contributed by atoms with E-state index in [9.17, 15) is 17.6 Å². The molecule has 0 saturated carbocycles. The molecule has 0 aliphatic carbocycles. The molecule has 0 aliphatic heterocycles. The number of urea groups is 1. The van der Waals surface area contributed by atoms with Crippen LogP contribution < -0.4 is 19.5 Å². The molecule has 0 bridgehead atoms. The molecule has 1 aromatic carbocycles. The molecule has 11 heteroatoms. The van der Waals surface area contributed by atoms with Gasteiger partial charge in [0.1, 0.15) is 23.9 Å². The third kappa shape index (κ3) is 5.02. The highest BCUT2D eigenvalue weighted by Crippen LogP contribution is 2.23. The lowest BCUT2D eigenvalue weighted by molar-refractivity contribution is 0.256. The van der Waals surface area contributed by atoms with Gasteiger partial charge in [0.2, 0.25) is 11.8 Å². The van der Waals surface area contributed by atoms with Gasteiger partial charge in [-0.25, -0.2) is 27.3 Å². The number of anilines is 1. The Kier molecular flexibility index (Phi) is 6.28. The Morgan fingerprint density at radius 2 is 2.00 bits per heavy atom. The van der Waals surface area contributed by atoms with Crippen molar-refractivity contribution in [2.45, 2.75) is 11.8 Å². The number of alkyl halides is 1. The lowest BCUT2D eigenvalue weighted by atomic mass is 10.3. The summed E-state index contributed by atoms with van der Waals surface area (Å²) in [5.41, 5.74) is 0.514. The predicted octanol–water partition coefficient (Wildman–Crippen LogP) is 1.65. The molecule has 0 unspecified atom stereocenters. The Bertz CT molecular complexity index is 891. The first-order chi connectivity index (χ1) is 12.4. The molecule has 0 spiro atoms. The van der Waals surface area contributed by atoms with Gasteiger partial charge in [0.25, 0.3) is 10.0 Å². The summed E-state index contributed by atoms with van der Waals surface area (Å²) in [6.45, 7) is 0.562. The van der Waals surface area contributed by atoms with E-state index in [-0.39, 0.29) is 29.1 Å². The molecule has 1 heterocycles. The van der Waals surface area contributed by atoms with Gasteiger partial charge in [0, 0.05) is 11.8 Å². The van der Waals surface area contributed by atoms with Gasteiger partial charge in [-0.05, 0) is 19.1 Å². The van der Waals surface area contributed by atoms with Gasteiger partial charge in [-0.2, -0.15) is 4.98 Å². The summed E-state index contributed by atoms with van der Waals surface area (Å²) in [5.74, 6) is 0.0102. The number of ether oxygens (including phenoxy) is 2. The summed E-state index contributed by atoms with van der Waals surface area (Å²) in [6.07, 6.45) is 0. The average Bonchev–Trinajstić information content (AvgIpc) is 2.59. The fraction of sp³-hybridized carbons (Fsp3) is 0.267. The number of rotatable bonds is 7. The second kappa shape index (κ2) is 8.43. The molecular formula is C15H17FN4O5S. The zero-order chi connectivity index (χ0) is 19.2. The second-order valence-electron chi connectivity index (χ2n) is 4.92. The topological polar surface area (TPSA) is 120 Å². The van der Waals surface area contributed by atoms with Crippen LogP contribution in [-0.2, 0) is 10.0 Å². The van der Waals surface area contributed by atoms with E-state index in [0.717, 1.165) is 0 Å². The number of aromatic nitrogens is 2. The number of methoxy groups -OCH3 is 1. The first-order valence-electron chi connectivity index (χ1n) is 7.37. The smallest absolute Gasteiger partial charge is 0.335 e. The number of carbonyl (C=O) groups excluding carboxylic acids is 1. The molecule has 2 N–H and O–H groups in total. The number of benzene rings is 1. The summed E-state index contributed by atoms with van der Waals surface area (Å²) in [6, 6.07) is 6.03. The lowest BCUT2D eigenvalue weighted by Crippen LogP contribution is -2.35. The van der Waals surface area contributed by atoms with Crippen LogP contribution in [0.4, 0.5) is 15.1 Å². The van der Waals surface area contributed by atoms with Gasteiger partial charge in [0.15, 0.2) is 0 Å². The molecule has 9 nitrogen and oxygen atoms in total. The van der Waals surface area contributed by atoms with Crippen molar-refractivity contribution in [3.05, 3.63) is 36.0 Å². The van der Waals surface area contributed by atoms with Crippen LogP contribution in [0.25, 0.3) is 0 Å². The van der Waals surface area contributed by atoms with Crippen molar-refractivity contribution in [1.29, 1.82) is 0 Å². The quantitative estimate of drug-likeness (QED) is 0.745. The van der Waals surface area contributed by atoms with Gasteiger partial charge in [-0.15, -0.1) is 0 Å². The number of hydrogen-bond donors (Lipinski definition) is 2. The summed E-state index contributed by atoms with van der Waals surface area (Å²) in [5, 5.41) is 2.21. The van der Waals surface area contributed by atoms with Crippen molar-refractivity contribution in [2.75, 3.05) is 25.7 Å². The highest BCUT2D eigenvalue weighted by atomic mass is 32.2. The molecule has 2 aromatic rings. The number of para-hydroxylation sites is 1. The van der Waals surface area contributed by atoms with E-state index in [4.69, 9.17) is 9.47 Å². The van der Waals surface area contributed by atoms with E-state index in [2.05, 4.69) is 15.3 Å². The van der Waals surface area contributed by atoms with Crippen LogP contribution in [0.3, 0.4) is 0 Å². The van der Waals surface area contributed by atoms with E-state index in [1.165, 1.54) is 37.4 Å². The minimum Gasteiger partial charge on any atom is -0.489 e. The summed E-state index contributed by atoms with van der Waals surface area (Å²) < 4.78 is 48.9.